The largest absolute Gasteiger partial charge is 0.244 e. The van der Waals surface area contributed by atoms with Crippen LogP contribution in [0.25, 0.3) is 75.6 Å². The number of hydrogen-bond donors (Lipinski definition) is 0. The Morgan fingerprint density at radius 3 is 1.62 bits per heavy atom. The molecule has 0 N–H and O–H groups in total. The molecule has 42 heavy (non-hydrogen) atoms. The fourth-order valence-electron chi connectivity index (χ4n) is 6.42. The summed E-state index contributed by atoms with van der Waals surface area (Å²) < 4.78 is 0. The lowest BCUT2D eigenvalue weighted by Gasteiger charge is -2.20. The molecule has 0 aliphatic carbocycles. The van der Waals surface area contributed by atoms with E-state index < -0.39 is 0 Å². The van der Waals surface area contributed by atoms with E-state index in [9.17, 15) is 0 Å². The van der Waals surface area contributed by atoms with Crippen LogP contribution in [-0.2, 0) is 0 Å². The van der Waals surface area contributed by atoms with Crippen LogP contribution in [0.15, 0.2) is 121 Å². The van der Waals surface area contributed by atoms with Crippen molar-refractivity contribution in [3.63, 3.8) is 0 Å². The zero-order chi connectivity index (χ0) is 28.4. The maximum Gasteiger partial charge on any atom is 0.124 e. The summed E-state index contributed by atoms with van der Waals surface area (Å²) in [6, 6.07) is 42.5. The van der Waals surface area contributed by atoms with Gasteiger partial charge >= 0.3 is 0 Å². The summed E-state index contributed by atoms with van der Waals surface area (Å²) in [5.41, 5.74) is 11.3. The summed E-state index contributed by atoms with van der Waals surface area (Å²) in [7, 11) is 0. The van der Waals surface area contributed by atoms with Gasteiger partial charge in [0.1, 0.15) is 5.01 Å². The number of benzene rings is 7. The molecule has 200 valence electrons. The molecule has 1 aromatic heterocycles. The van der Waals surface area contributed by atoms with Gasteiger partial charge < -0.3 is 0 Å². The fraction of sp³-hybridized carbons (Fsp3) is 0.0750. The molecule has 0 atom stereocenters. The molecule has 0 radical (unpaired) electrons. The molecule has 7 aromatic carbocycles. The second-order valence-corrected chi connectivity index (χ2v) is 12.4. The lowest BCUT2D eigenvalue weighted by atomic mass is 9.84. The Hall–Kier alpha value is -4.79. The molecule has 8 aromatic rings. The summed E-state index contributed by atoms with van der Waals surface area (Å²) in [5, 5.41) is 8.88. The van der Waals surface area contributed by atoms with Crippen molar-refractivity contribution in [3.05, 3.63) is 138 Å². The first kappa shape index (κ1) is 25.0. The number of thiazole rings is 1. The molecule has 8 rings (SSSR count). The minimum Gasteiger partial charge on any atom is -0.244 e. The summed E-state index contributed by atoms with van der Waals surface area (Å²) >= 11 is 1.77. The Morgan fingerprint density at radius 1 is 0.476 bits per heavy atom. The minimum absolute atomic E-state index is 1.05. The number of aryl methyl sites for hydroxylation is 3. The molecule has 0 unspecified atom stereocenters. The Kier molecular flexibility index (Phi) is 5.73. The van der Waals surface area contributed by atoms with E-state index in [1.54, 1.807) is 11.3 Å². The van der Waals surface area contributed by atoms with E-state index in [1.165, 1.54) is 87.3 Å². The maximum absolute atomic E-state index is 5.00. The van der Waals surface area contributed by atoms with Gasteiger partial charge in [0.05, 0.1) is 4.88 Å². The molecule has 0 spiro atoms. The normalized spacial score (nSPS) is 11.7. The van der Waals surface area contributed by atoms with E-state index in [0.717, 1.165) is 5.01 Å². The van der Waals surface area contributed by atoms with Gasteiger partial charge in [-0.3, -0.25) is 0 Å². The number of rotatable bonds is 4. The highest BCUT2D eigenvalue weighted by Crippen LogP contribution is 2.47. The van der Waals surface area contributed by atoms with Gasteiger partial charge in [0.2, 0.25) is 0 Å². The lowest BCUT2D eigenvalue weighted by Crippen LogP contribution is -1.93. The minimum atomic E-state index is 1.05. The Morgan fingerprint density at radius 2 is 1.00 bits per heavy atom. The standard InChI is InChI=1S/C40H29NS/c1-24-9-13-27(14-10-24)34-21-26(3)30-17-18-32-35(28-15-11-25(2)12-16-28)22-36(33-20-19-31(34)38(30)39(32)33)40-41-23-37(42-40)29-7-5-4-6-8-29/h4-23H,1-3H3. The van der Waals surface area contributed by atoms with Crippen molar-refractivity contribution in [2.45, 2.75) is 20.8 Å². The molecule has 0 amide bonds. The molecule has 0 fully saturated rings. The molecular formula is C40H29NS. The third-order valence-corrected chi connectivity index (χ3v) is 9.70. The van der Waals surface area contributed by atoms with E-state index in [2.05, 4.69) is 136 Å². The monoisotopic (exact) mass is 555 g/mol. The van der Waals surface area contributed by atoms with E-state index in [-0.39, 0.29) is 0 Å². The van der Waals surface area contributed by atoms with Crippen molar-refractivity contribution in [2.24, 2.45) is 0 Å². The quantitative estimate of drug-likeness (QED) is 0.197. The van der Waals surface area contributed by atoms with Crippen LogP contribution in [0.1, 0.15) is 16.7 Å². The molecule has 0 aliphatic rings. The fourth-order valence-corrected chi connectivity index (χ4v) is 7.38. The second-order valence-electron chi connectivity index (χ2n) is 11.4. The van der Waals surface area contributed by atoms with Crippen LogP contribution < -0.4 is 0 Å². The average Bonchev–Trinajstić information content (AvgIpc) is 3.52. The van der Waals surface area contributed by atoms with Crippen molar-refractivity contribution in [1.82, 2.24) is 4.98 Å². The Labute approximate surface area is 250 Å². The number of aromatic nitrogens is 1. The van der Waals surface area contributed by atoms with Crippen molar-refractivity contribution in [2.75, 3.05) is 0 Å². The summed E-state index contributed by atoms with van der Waals surface area (Å²) in [6.07, 6.45) is 2.03. The van der Waals surface area contributed by atoms with Gasteiger partial charge in [0.15, 0.2) is 0 Å². The molecular weight excluding hydrogens is 527 g/mol. The summed E-state index contributed by atoms with van der Waals surface area (Å²) in [5.74, 6) is 0. The molecule has 1 nitrogen and oxygen atoms in total. The smallest absolute Gasteiger partial charge is 0.124 e. The van der Waals surface area contributed by atoms with Gasteiger partial charge in [0, 0.05) is 11.8 Å². The van der Waals surface area contributed by atoms with Crippen molar-refractivity contribution < 1.29 is 0 Å². The van der Waals surface area contributed by atoms with Crippen LogP contribution in [-0.4, -0.2) is 4.98 Å². The van der Waals surface area contributed by atoms with Gasteiger partial charge in [-0.1, -0.05) is 120 Å². The highest BCUT2D eigenvalue weighted by molar-refractivity contribution is 7.18. The third kappa shape index (κ3) is 3.94. The van der Waals surface area contributed by atoms with E-state index in [1.807, 2.05) is 6.20 Å². The first-order valence-corrected chi connectivity index (χ1v) is 15.3. The molecule has 1 heterocycles. The van der Waals surface area contributed by atoms with Gasteiger partial charge in [-0.2, -0.15) is 0 Å². The molecule has 0 saturated heterocycles. The summed E-state index contributed by atoms with van der Waals surface area (Å²) in [6.45, 7) is 6.54. The highest BCUT2D eigenvalue weighted by Gasteiger charge is 2.20. The SMILES string of the molecule is Cc1ccc(-c2cc(C)c3ccc4c(-c5ccc(C)cc5)cc(-c5ncc(-c6ccccc6)s5)c5ccc2c3c45)cc1. The molecule has 0 aliphatic heterocycles. The molecule has 2 heteroatoms. The van der Waals surface area contributed by atoms with Crippen LogP contribution >= 0.6 is 11.3 Å². The van der Waals surface area contributed by atoms with Crippen molar-refractivity contribution in [3.8, 4) is 43.3 Å². The number of hydrogen-bond acceptors (Lipinski definition) is 2. The molecule has 0 bridgehead atoms. The van der Waals surface area contributed by atoms with Crippen LogP contribution in [0.3, 0.4) is 0 Å². The number of nitrogens with zero attached hydrogens (tertiary/aromatic N) is 1. The van der Waals surface area contributed by atoms with Crippen LogP contribution in [0, 0.1) is 20.8 Å². The van der Waals surface area contributed by atoms with E-state index >= 15 is 0 Å². The Balaban J connectivity index is 1.48. The van der Waals surface area contributed by atoms with Crippen LogP contribution in [0.2, 0.25) is 0 Å². The van der Waals surface area contributed by atoms with E-state index in [0.29, 0.717) is 0 Å². The van der Waals surface area contributed by atoms with Gasteiger partial charge in [0.25, 0.3) is 0 Å². The molecule has 0 saturated carbocycles. The third-order valence-electron chi connectivity index (χ3n) is 8.63. The van der Waals surface area contributed by atoms with Crippen LogP contribution in [0.4, 0.5) is 0 Å². The van der Waals surface area contributed by atoms with Crippen molar-refractivity contribution in [1.29, 1.82) is 0 Å². The Bertz CT molecular complexity index is 2240. The second kappa shape index (κ2) is 9.65. The topological polar surface area (TPSA) is 12.9 Å². The summed E-state index contributed by atoms with van der Waals surface area (Å²) in [4.78, 5) is 6.19. The maximum atomic E-state index is 5.00. The zero-order valence-corrected chi connectivity index (χ0v) is 24.7. The zero-order valence-electron chi connectivity index (χ0n) is 23.9. The van der Waals surface area contributed by atoms with Gasteiger partial charge in [-0.25, -0.2) is 4.98 Å². The first-order valence-electron chi connectivity index (χ1n) is 14.5. The van der Waals surface area contributed by atoms with Gasteiger partial charge in [-0.15, -0.1) is 11.3 Å². The van der Waals surface area contributed by atoms with Crippen LogP contribution in [0.5, 0.6) is 0 Å². The highest BCUT2D eigenvalue weighted by atomic mass is 32.1. The van der Waals surface area contributed by atoms with Gasteiger partial charge in [-0.05, 0) is 92.5 Å². The lowest BCUT2D eigenvalue weighted by molar-refractivity contribution is 1.42. The average molecular weight is 556 g/mol. The van der Waals surface area contributed by atoms with Crippen molar-refractivity contribution >= 4 is 43.7 Å². The first-order chi connectivity index (χ1) is 20.5. The predicted octanol–water partition coefficient (Wildman–Crippen LogP) is 11.6. The van der Waals surface area contributed by atoms with E-state index in [4.69, 9.17) is 4.98 Å². The predicted molar refractivity (Wildman–Crippen MR) is 182 cm³/mol.